The molecule has 1 N–H and O–H groups in total. The number of rotatable bonds is 3. The minimum absolute atomic E-state index is 0.536. The largest absolute Gasteiger partial charge is 0.388 e. The quantitative estimate of drug-likeness (QED) is 0.783. The van der Waals surface area contributed by atoms with Gasteiger partial charge in [-0.1, -0.05) is 41.9 Å². The molecule has 0 fully saturated rings. The van der Waals surface area contributed by atoms with E-state index in [1.54, 1.807) is 12.4 Å². The molecule has 2 aromatic carbocycles. The Morgan fingerprint density at radius 1 is 1.10 bits per heavy atom. The fourth-order valence-corrected chi connectivity index (χ4v) is 2.64. The minimum atomic E-state index is -0.568. The van der Waals surface area contributed by atoms with E-state index in [4.69, 9.17) is 11.6 Å². The number of aliphatic hydroxyl groups is 1. The fourth-order valence-electron chi connectivity index (χ4n) is 2.42. The highest BCUT2D eigenvalue weighted by molar-refractivity contribution is 6.30. The molecule has 100 valence electrons. The molecule has 1 unspecified atom stereocenters. The van der Waals surface area contributed by atoms with Crippen LogP contribution in [0.25, 0.3) is 10.8 Å². The van der Waals surface area contributed by atoms with Crippen LogP contribution in [0.4, 0.5) is 0 Å². The molecule has 0 amide bonds. The lowest BCUT2D eigenvalue weighted by molar-refractivity contribution is 0.180. The topological polar surface area (TPSA) is 33.1 Å². The van der Waals surface area contributed by atoms with Crippen LogP contribution >= 0.6 is 11.6 Å². The van der Waals surface area contributed by atoms with Gasteiger partial charge in [-0.15, -0.1) is 0 Å². The van der Waals surface area contributed by atoms with Crippen LogP contribution in [0, 0.1) is 0 Å². The van der Waals surface area contributed by atoms with Gasteiger partial charge in [0.15, 0.2) is 0 Å². The number of nitrogens with zero attached hydrogens (tertiary/aromatic N) is 1. The lowest BCUT2D eigenvalue weighted by Gasteiger charge is -2.14. The standard InChI is InChI=1S/C17H14ClNO/c18-14-5-1-3-12(9-14)10-17(20)15-6-2-4-13-7-8-19-11-16(13)15/h1-9,11,17,20H,10H2. The number of halogens is 1. The molecule has 2 nitrogen and oxygen atoms in total. The average Bonchev–Trinajstić information content (AvgIpc) is 2.46. The summed E-state index contributed by atoms with van der Waals surface area (Å²) in [6, 6.07) is 15.5. The predicted molar refractivity (Wildman–Crippen MR) is 81.9 cm³/mol. The van der Waals surface area contributed by atoms with E-state index in [1.807, 2.05) is 48.5 Å². The van der Waals surface area contributed by atoms with E-state index in [-0.39, 0.29) is 0 Å². The van der Waals surface area contributed by atoms with Crippen molar-refractivity contribution in [2.24, 2.45) is 0 Å². The molecule has 1 heterocycles. The molecule has 0 spiro atoms. The number of benzene rings is 2. The highest BCUT2D eigenvalue weighted by Crippen LogP contribution is 2.26. The van der Waals surface area contributed by atoms with E-state index in [2.05, 4.69) is 4.98 Å². The van der Waals surface area contributed by atoms with E-state index >= 15 is 0 Å². The maximum Gasteiger partial charge on any atom is 0.0836 e. The summed E-state index contributed by atoms with van der Waals surface area (Å²) < 4.78 is 0. The summed E-state index contributed by atoms with van der Waals surface area (Å²) in [7, 11) is 0. The van der Waals surface area contributed by atoms with Gasteiger partial charge in [-0.3, -0.25) is 4.98 Å². The van der Waals surface area contributed by atoms with Crippen molar-refractivity contribution in [1.29, 1.82) is 0 Å². The van der Waals surface area contributed by atoms with Gasteiger partial charge in [-0.25, -0.2) is 0 Å². The zero-order valence-electron chi connectivity index (χ0n) is 10.8. The SMILES string of the molecule is OC(Cc1cccc(Cl)c1)c1cccc2ccncc12. The van der Waals surface area contributed by atoms with Crippen LogP contribution in [0.1, 0.15) is 17.2 Å². The van der Waals surface area contributed by atoms with Crippen LogP contribution in [-0.2, 0) is 6.42 Å². The zero-order chi connectivity index (χ0) is 13.9. The van der Waals surface area contributed by atoms with E-state index in [9.17, 15) is 5.11 Å². The Kier molecular flexibility index (Phi) is 3.68. The number of hydrogen-bond donors (Lipinski definition) is 1. The van der Waals surface area contributed by atoms with Crippen molar-refractivity contribution in [2.75, 3.05) is 0 Å². The van der Waals surface area contributed by atoms with Gasteiger partial charge in [0.1, 0.15) is 0 Å². The molecule has 0 radical (unpaired) electrons. The summed E-state index contributed by atoms with van der Waals surface area (Å²) in [5, 5.41) is 13.3. The molecule has 3 heteroatoms. The van der Waals surface area contributed by atoms with Crippen LogP contribution in [-0.4, -0.2) is 10.1 Å². The molecule has 0 bridgehead atoms. The van der Waals surface area contributed by atoms with Gasteiger partial charge >= 0.3 is 0 Å². The third-order valence-corrected chi connectivity index (χ3v) is 3.63. The first-order valence-electron chi connectivity index (χ1n) is 6.49. The minimum Gasteiger partial charge on any atom is -0.388 e. The van der Waals surface area contributed by atoms with E-state index < -0.39 is 6.10 Å². The van der Waals surface area contributed by atoms with Gasteiger partial charge in [0.2, 0.25) is 0 Å². The predicted octanol–water partition coefficient (Wildman–Crippen LogP) is 4.16. The van der Waals surface area contributed by atoms with Gasteiger partial charge in [0, 0.05) is 29.2 Å². The highest BCUT2D eigenvalue weighted by atomic mass is 35.5. The monoisotopic (exact) mass is 283 g/mol. The summed E-state index contributed by atoms with van der Waals surface area (Å²) in [4.78, 5) is 4.14. The molecule has 20 heavy (non-hydrogen) atoms. The van der Waals surface area contributed by atoms with E-state index in [1.165, 1.54) is 0 Å². The summed E-state index contributed by atoms with van der Waals surface area (Å²) in [5.74, 6) is 0. The third-order valence-electron chi connectivity index (χ3n) is 3.39. The lowest BCUT2D eigenvalue weighted by Crippen LogP contribution is -2.02. The summed E-state index contributed by atoms with van der Waals surface area (Å²) in [5.41, 5.74) is 1.92. The van der Waals surface area contributed by atoms with Crippen molar-refractivity contribution in [3.05, 3.63) is 77.1 Å². The molecule has 0 aliphatic carbocycles. The normalized spacial score (nSPS) is 12.5. The van der Waals surface area contributed by atoms with Crippen molar-refractivity contribution >= 4 is 22.4 Å². The van der Waals surface area contributed by atoms with Crippen LogP contribution < -0.4 is 0 Å². The zero-order valence-corrected chi connectivity index (χ0v) is 11.6. The van der Waals surface area contributed by atoms with Gasteiger partial charge < -0.3 is 5.11 Å². The van der Waals surface area contributed by atoms with Gasteiger partial charge in [0.25, 0.3) is 0 Å². The lowest BCUT2D eigenvalue weighted by atomic mass is 9.97. The van der Waals surface area contributed by atoms with Crippen LogP contribution in [0.3, 0.4) is 0 Å². The maximum atomic E-state index is 10.5. The molecule has 0 aliphatic rings. The summed E-state index contributed by atoms with van der Waals surface area (Å²) in [6.45, 7) is 0. The number of pyridine rings is 1. The number of fused-ring (bicyclic) bond motifs is 1. The number of hydrogen-bond acceptors (Lipinski definition) is 2. The molecule has 3 rings (SSSR count). The molecular weight excluding hydrogens is 270 g/mol. The Balaban J connectivity index is 1.94. The van der Waals surface area contributed by atoms with Crippen molar-refractivity contribution in [3.63, 3.8) is 0 Å². The number of aliphatic hydroxyl groups excluding tert-OH is 1. The first-order chi connectivity index (χ1) is 9.74. The van der Waals surface area contributed by atoms with Crippen molar-refractivity contribution in [1.82, 2.24) is 4.98 Å². The molecule has 0 saturated carbocycles. The maximum absolute atomic E-state index is 10.5. The van der Waals surface area contributed by atoms with Gasteiger partial charge in [-0.2, -0.15) is 0 Å². The third kappa shape index (κ3) is 2.67. The molecular formula is C17H14ClNO. The van der Waals surface area contributed by atoms with E-state index in [0.29, 0.717) is 11.4 Å². The Hall–Kier alpha value is -1.90. The second-order valence-electron chi connectivity index (χ2n) is 4.79. The average molecular weight is 284 g/mol. The molecule has 1 atom stereocenters. The smallest absolute Gasteiger partial charge is 0.0836 e. The van der Waals surface area contributed by atoms with Gasteiger partial charge in [0.05, 0.1) is 6.10 Å². The van der Waals surface area contributed by atoms with E-state index in [0.717, 1.165) is 21.9 Å². The van der Waals surface area contributed by atoms with Crippen molar-refractivity contribution in [2.45, 2.75) is 12.5 Å². The fraction of sp³-hybridized carbons (Fsp3) is 0.118. The van der Waals surface area contributed by atoms with Crippen LogP contribution in [0.2, 0.25) is 5.02 Å². The van der Waals surface area contributed by atoms with Crippen LogP contribution in [0.15, 0.2) is 60.9 Å². The molecule has 0 aliphatic heterocycles. The van der Waals surface area contributed by atoms with Gasteiger partial charge in [-0.05, 0) is 34.7 Å². The Bertz CT molecular complexity index is 736. The van der Waals surface area contributed by atoms with Crippen molar-refractivity contribution in [3.8, 4) is 0 Å². The highest BCUT2D eigenvalue weighted by Gasteiger charge is 2.12. The number of aromatic nitrogens is 1. The Morgan fingerprint density at radius 2 is 1.95 bits per heavy atom. The second-order valence-corrected chi connectivity index (χ2v) is 5.23. The second kappa shape index (κ2) is 5.61. The Labute approximate surface area is 122 Å². The summed E-state index contributed by atoms with van der Waals surface area (Å²) >= 11 is 5.98. The first-order valence-corrected chi connectivity index (χ1v) is 6.87. The van der Waals surface area contributed by atoms with Crippen LogP contribution in [0.5, 0.6) is 0 Å². The summed E-state index contributed by atoms with van der Waals surface area (Å²) in [6.07, 6.45) is 3.52. The van der Waals surface area contributed by atoms with Crippen molar-refractivity contribution < 1.29 is 5.11 Å². The molecule has 3 aromatic rings. The Morgan fingerprint density at radius 3 is 2.80 bits per heavy atom. The molecule has 1 aromatic heterocycles. The first kappa shape index (κ1) is 13.1. The molecule has 0 saturated heterocycles.